The van der Waals surface area contributed by atoms with E-state index in [2.05, 4.69) is 11.4 Å². The van der Waals surface area contributed by atoms with Crippen LogP contribution in [0.4, 0.5) is 10.1 Å². The fourth-order valence-corrected chi connectivity index (χ4v) is 2.95. The van der Waals surface area contributed by atoms with Gasteiger partial charge in [-0.25, -0.2) is 4.39 Å². The van der Waals surface area contributed by atoms with Crippen molar-refractivity contribution in [2.45, 2.75) is 31.7 Å². The van der Waals surface area contributed by atoms with Crippen molar-refractivity contribution < 1.29 is 4.39 Å². The fourth-order valence-electron chi connectivity index (χ4n) is 2.75. The van der Waals surface area contributed by atoms with Crippen LogP contribution in [0.2, 0.25) is 5.02 Å². The molecule has 0 aliphatic heterocycles. The molecule has 1 nitrogen and oxygen atoms in total. The Morgan fingerprint density at radius 1 is 1.15 bits per heavy atom. The van der Waals surface area contributed by atoms with Crippen molar-refractivity contribution in [3.05, 3.63) is 64.4 Å². The van der Waals surface area contributed by atoms with E-state index in [1.54, 1.807) is 6.07 Å². The number of nitrogens with one attached hydrogen (secondary N) is 1. The second kappa shape index (κ2) is 5.45. The Labute approximate surface area is 123 Å². The fraction of sp³-hybridized carbons (Fsp3) is 0.294. The van der Waals surface area contributed by atoms with Gasteiger partial charge in [-0.1, -0.05) is 29.8 Å². The van der Waals surface area contributed by atoms with Gasteiger partial charge in [0.15, 0.2) is 0 Å². The summed E-state index contributed by atoms with van der Waals surface area (Å²) in [7, 11) is 0. The van der Waals surface area contributed by atoms with Crippen molar-refractivity contribution in [1.82, 2.24) is 0 Å². The van der Waals surface area contributed by atoms with Gasteiger partial charge < -0.3 is 5.32 Å². The normalized spacial score (nSPS) is 21.4. The molecular weight excluding hydrogens is 273 g/mol. The Morgan fingerprint density at radius 3 is 2.65 bits per heavy atom. The summed E-state index contributed by atoms with van der Waals surface area (Å²) >= 11 is 6.02. The van der Waals surface area contributed by atoms with Crippen LogP contribution in [0.3, 0.4) is 0 Å². The zero-order valence-corrected chi connectivity index (χ0v) is 12.1. The highest BCUT2D eigenvalue weighted by Crippen LogP contribution is 2.39. The molecule has 0 bridgehead atoms. The Bertz CT molecular complexity index is 620. The summed E-state index contributed by atoms with van der Waals surface area (Å²) in [5.74, 6) is 0.403. The number of rotatable bonds is 3. The van der Waals surface area contributed by atoms with Gasteiger partial charge >= 0.3 is 0 Å². The van der Waals surface area contributed by atoms with Gasteiger partial charge in [-0.15, -0.1) is 0 Å². The highest BCUT2D eigenvalue weighted by atomic mass is 35.5. The van der Waals surface area contributed by atoms with Crippen molar-refractivity contribution in [2.24, 2.45) is 0 Å². The molecule has 1 aliphatic carbocycles. The molecule has 0 aromatic heterocycles. The first-order chi connectivity index (χ1) is 9.63. The van der Waals surface area contributed by atoms with Gasteiger partial charge in [-0.3, -0.25) is 0 Å². The highest BCUT2D eigenvalue weighted by Gasteiger charge is 2.30. The predicted octanol–water partition coefficient (Wildman–Crippen LogP) is 5.15. The molecule has 104 valence electrons. The third-order valence-corrected chi connectivity index (χ3v) is 4.32. The highest BCUT2D eigenvalue weighted by molar-refractivity contribution is 6.30. The van der Waals surface area contributed by atoms with E-state index in [0.717, 1.165) is 23.6 Å². The zero-order valence-electron chi connectivity index (χ0n) is 11.4. The van der Waals surface area contributed by atoms with Crippen LogP contribution in [-0.2, 0) is 0 Å². The number of halogens is 2. The first-order valence-electron chi connectivity index (χ1n) is 6.90. The van der Waals surface area contributed by atoms with Crippen LogP contribution in [0.25, 0.3) is 0 Å². The second-order valence-electron chi connectivity index (χ2n) is 5.48. The van der Waals surface area contributed by atoms with Crippen molar-refractivity contribution >= 4 is 17.3 Å². The summed E-state index contributed by atoms with van der Waals surface area (Å²) in [5, 5.41) is 4.22. The Kier molecular flexibility index (Phi) is 3.66. The summed E-state index contributed by atoms with van der Waals surface area (Å²) < 4.78 is 13.5. The topological polar surface area (TPSA) is 12.0 Å². The number of anilines is 1. The van der Waals surface area contributed by atoms with E-state index < -0.39 is 0 Å². The quantitative estimate of drug-likeness (QED) is 0.824. The maximum Gasteiger partial charge on any atom is 0.128 e. The smallest absolute Gasteiger partial charge is 0.128 e. The monoisotopic (exact) mass is 289 g/mol. The molecule has 0 unspecified atom stereocenters. The summed E-state index contributed by atoms with van der Waals surface area (Å²) in [6.07, 6.45) is 2.13. The van der Waals surface area contributed by atoms with Gasteiger partial charge in [0.2, 0.25) is 0 Å². The number of hydrogen-bond acceptors (Lipinski definition) is 1. The van der Waals surface area contributed by atoms with E-state index >= 15 is 0 Å². The van der Waals surface area contributed by atoms with E-state index in [9.17, 15) is 4.39 Å². The lowest BCUT2D eigenvalue weighted by Crippen LogP contribution is -2.34. The van der Waals surface area contributed by atoms with Gasteiger partial charge in [0, 0.05) is 22.3 Å². The molecule has 3 heteroatoms. The average Bonchev–Trinajstić information content (AvgIpc) is 2.38. The lowest BCUT2D eigenvalue weighted by atomic mass is 9.76. The van der Waals surface area contributed by atoms with Gasteiger partial charge in [0.05, 0.1) is 0 Å². The largest absolute Gasteiger partial charge is 0.382 e. The summed E-state index contributed by atoms with van der Waals surface area (Å²) in [6.45, 7) is 1.81. The van der Waals surface area contributed by atoms with Gasteiger partial charge in [0.1, 0.15) is 5.82 Å². The van der Waals surface area contributed by atoms with Crippen molar-refractivity contribution in [3.8, 4) is 0 Å². The minimum absolute atomic E-state index is 0.152. The van der Waals surface area contributed by atoms with E-state index in [4.69, 9.17) is 11.6 Å². The molecule has 2 aromatic carbocycles. The molecule has 0 saturated heterocycles. The first-order valence-corrected chi connectivity index (χ1v) is 7.28. The lowest BCUT2D eigenvalue weighted by molar-refractivity contribution is 0.374. The Hall–Kier alpha value is -1.54. The Morgan fingerprint density at radius 2 is 1.90 bits per heavy atom. The van der Waals surface area contributed by atoms with E-state index in [1.165, 1.54) is 11.6 Å². The number of benzene rings is 2. The summed E-state index contributed by atoms with van der Waals surface area (Å²) in [6, 6.07) is 13.7. The summed E-state index contributed by atoms with van der Waals surface area (Å²) in [4.78, 5) is 0. The molecule has 1 N–H and O–H groups in total. The van der Waals surface area contributed by atoms with Crippen LogP contribution in [0, 0.1) is 12.7 Å². The van der Waals surface area contributed by atoms with E-state index in [0.29, 0.717) is 17.5 Å². The second-order valence-corrected chi connectivity index (χ2v) is 5.91. The molecule has 0 atom stereocenters. The maximum atomic E-state index is 13.5. The van der Waals surface area contributed by atoms with Crippen molar-refractivity contribution in [2.75, 3.05) is 5.32 Å². The molecule has 0 heterocycles. The standard InChI is InChI=1S/C17H17ClFN/c1-11-16(19)6-3-7-17(11)20-15-9-13(10-15)12-4-2-5-14(18)8-12/h2-8,13,15,20H,9-10H2,1H3. The van der Waals surface area contributed by atoms with E-state index in [1.807, 2.05) is 31.2 Å². The SMILES string of the molecule is Cc1c(F)cccc1NC1CC(c2cccc(Cl)c2)C1. The summed E-state index contributed by atoms with van der Waals surface area (Å²) in [5.41, 5.74) is 2.89. The van der Waals surface area contributed by atoms with Crippen LogP contribution in [0.15, 0.2) is 42.5 Å². The van der Waals surface area contributed by atoms with Gasteiger partial charge in [-0.2, -0.15) is 0 Å². The van der Waals surface area contributed by atoms with Gasteiger partial charge in [0.25, 0.3) is 0 Å². The minimum atomic E-state index is -0.152. The molecule has 0 radical (unpaired) electrons. The third kappa shape index (κ3) is 2.66. The molecule has 2 aromatic rings. The van der Waals surface area contributed by atoms with Crippen LogP contribution < -0.4 is 5.32 Å². The first kappa shape index (κ1) is 13.4. The lowest BCUT2D eigenvalue weighted by Gasteiger charge is -2.37. The van der Waals surface area contributed by atoms with Crippen LogP contribution in [0.1, 0.15) is 29.9 Å². The number of hydrogen-bond donors (Lipinski definition) is 1. The molecular formula is C17H17ClFN. The third-order valence-electron chi connectivity index (χ3n) is 4.09. The molecule has 1 fully saturated rings. The maximum absolute atomic E-state index is 13.5. The van der Waals surface area contributed by atoms with Crippen LogP contribution >= 0.6 is 11.6 Å². The molecule has 3 rings (SSSR count). The molecule has 20 heavy (non-hydrogen) atoms. The molecule has 1 aliphatic rings. The molecule has 1 saturated carbocycles. The van der Waals surface area contributed by atoms with Crippen molar-refractivity contribution in [3.63, 3.8) is 0 Å². The van der Waals surface area contributed by atoms with Crippen LogP contribution in [-0.4, -0.2) is 6.04 Å². The zero-order chi connectivity index (χ0) is 14.1. The van der Waals surface area contributed by atoms with Crippen molar-refractivity contribution in [1.29, 1.82) is 0 Å². The predicted molar refractivity (Wildman–Crippen MR) is 82.0 cm³/mol. The average molecular weight is 290 g/mol. The molecule has 0 amide bonds. The Balaban J connectivity index is 1.62. The van der Waals surface area contributed by atoms with Gasteiger partial charge in [-0.05, 0) is 55.5 Å². The van der Waals surface area contributed by atoms with Crippen LogP contribution in [0.5, 0.6) is 0 Å². The minimum Gasteiger partial charge on any atom is -0.382 e. The molecule has 0 spiro atoms. The van der Waals surface area contributed by atoms with E-state index in [-0.39, 0.29) is 5.82 Å².